The van der Waals surface area contributed by atoms with Crippen molar-refractivity contribution in [3.8, 4) is 0 Å². The van der Waals surface area contributed by atoms with Crippen molar-refractivity contribution in [2.75, 3.05) is 0 Å². The van der Waals surface area contributed by atoms with Crippen LogP contribution in [0, 0.1) is 0 Å². The third kappa shape index (κ3) is 2.97. The standard InChI is InChI=1S/C12H13BrN4O4S/c1-3-10-14-17(12(19)16(10)2)11(18)15-22(20,21)9-7-5-4-6-8(9)13/h4-7H,3H2,1-2H3,(H,15,18). The summed E-state index contributed by atoms with van der Waals surface area (Å²) >= 11 is 3.10. The van der Waals surface area contributed by atoms with Crippen molar-refractivity contribution >= 4 is 32.0 Å². The van der Waals surface area contributed by atoms with Crippen LogP contribution in [0.3, 0.4) is 0 Å². The largest absolute Gasteiger partial charge is 0.360 e. The monoisotopic (exact) mass is 388 g/mol. The van der Waals surface area contributed by atoms with Gasteiger partial charge in [-0.2, -0.15) is 0 Å². The third-order valence-corrected chi connectivity index (χ3v) is 5.26. The van der Waals surface area contributed by atoms with E-state index in [2.05, 4.69) is 21.0 Å². The summed E-state index contributed by atoms with van der Waals surface area (Å²) in [5.41, 5.74) is -0.711. The van der Waals surface area contributed by atoms with E-state index in [1.807, 2.05) is 4.72 Å². The van der Waals surface area contributed by atoms with Gasteiger partial charge in [-0.1, -0.05) is 19.1 Å². The molecule has 0 radical (unpaired) electrons. The number of hydrogen-bond donors (Lipinski definition) is 1. The molecule has 0 saturated heterocycles. The molecule has 10 heteroatoms. The zero-order valence-corrected chi connectivity index (χ0v) is 14.2. The summed E-state index contributed by atoms with van der Waals surface area (Å²) in [5, 5.41) is 3.81. The smallest absolute Gasteiger partial charge is 0.282 e. The molecule has 1 heterocycles. The molecule has 2 rings (SSSR count). The van der Waals surface area contributed by atoms with E-state index in [0.29, 0.717) is 21.4 Å². The number of rotatable bonds is 3. The fourth-order valence-corrected chi connectivity index (χ4v) is 3.73. The number of hydrogen-bond acceptors (Lipinski definition) is 5. The average Bonchev–Trinajstić information content (AvgIpc) is 2.74. The van der Waals surface area contributed by atoms with Crippen molar-refractivity contribution in [2.24, 2.45) is 7.05 Å². The normalized spacial score (nSPS) is 11.4. The van der Waals surface area contributed by atoms with Crippen LogP contribution in [0.5, 0.6) is 0 Å². The number of halogens is 1. The number of amides is 1. The Kier molecular flexibility index (Phi) is 4.52. The Labute approximate surface area is 134 Å². The molecule has 2 aromatic rings. The molecule has 0 aliphatic rings. The van der Waals surface area contributed by atoms with E-state index in [1.54, 1.807) is 13.0 Å². The number of carbonyl (C=O) groups is 1. The second-order valence-corrected chi connectivity index (χ2v) is 6.87. The first-order valence-electron chi connectivity index (χ1n) is 6.24. The van der Waals surface area contributed by atoms with Gasteiger partial charge in [0.25, 0.3) is 10.0 Å². The molecule has 0 fully saturated rings. The molecule has 1 aromatic carbocycles. The Morgan fingerprint density at radius 3 is 2.55 bits per heavy atom. The lowest BCUT2D eigenvalue weighted by Gasteiger charge is -2.07. The number of benzene rings is 1. The molecule has 0 unspecified atom stereocenters. The number of nitrogens with zero attached hydrogens (tertiary/aromatic N) is 3. The van der Waals surface area contributed by atoms with Gasteiger partial charge in [-0.15, -0.1) is 9.78 Å². The van der Waals surface area contributed by atoms with E-state index >= 15 is 0 Å². The zero-order chi connectivity index (χ0) is 16.5. The molecule has 8 nitrogen and oxygen atoms in total. The van der Waals surface area contributed by atoms with Crippen molar-refractivity contribution in [2.45, 2.75) is 18.2 Å². The predicted molar refractivity (Wildman–Crippen MR) is 82.1 cm³/mol. The van der Waals surface area contributed by atoms with Crippen LogP contribution in [0.15, 0.2) is 38.4 Å². The maximum absolute atomic E-state index is 12.2. The molecule has 0 aliphatic heterocycles. The zero-order valence-electron chi connectivity index (χ0n) is 11.8. The Hall–Kier alpha value is -1.94. The molecule has 0 aliphatic carbocycles. The van der Waals surface area contributed by atoms with Crippen molar-refractivity contribution in [1.29, 1.82) is 0 Å². The minimum absolute atomic E-state index is 0.108. The molecule has 0 atom stereocenters. The Morgan fingerprint density at radius 2 is 2.00 bits per heavy atom. The van der Waals surface area contributed by atoms with Crippen LogP contribution >= 0.6 is 15.9 Å². The van der Waals surface area contributed by atoms with Gasteiger partial charge in [-0.05, 0) is 28.1 Å². The maximum atomic E-state index is 12.2. The topological polar surface area (TPSA) is 103 Å². The van der Waals surface area contributed by atoms with Crippen LogP contribution in [0.2, 0.25) is 0 Å². The Bertz CT molecular complexity index is 885. The molecule has 1 N–H and O–H groups in total. The van der Waals surface area contributed by atoms with Crippen LogP contribution in [-0.4, -0.2) is 28.8 Å². The van der Waals surface area contributed by atoms with Crippen LogP contribution in [0.4, 0.5) is 4.79 Å². The average molecular weight is 389 g/mol. The first-order chi connectivity index (χ1) is 10.3. The first-order valence-corrected chi connectivity index (χ1v) is 8.52. The van der Waals surface area contributed by atoms with Crippen molar-refractivity contribution < 1.29 is 13.2 Å². The van der Waals surface area contributed by atoms with E-state index in [1.165, 1.54) is 29.8 Å². The van der Waals surface area contributed by atoms with Gasteiger partial charge < -0.3 is 0 Å². The summed E-state index contributed by atoms with van der Waals surface area (Å²) in [4.78, 5) is 23.8. The number of aryl methyl sites for hydroxylation is 1. The van der Waals surface area contributed by atoms with Crippen LogP contribution < -0.4 is 10.4 Å². The quantitative estimate of drug-likeness (QED) is 0.839. The van der Waals surface area contributed by atoms with Gasteiger partial charge in [0.15, 0.2) is 0 Å². The molecular formula is C12H13BrN4O4S. The minimum Gasteiger partial charge on any atom is -0.282 e. The number of aromatic nitrogens is 3. The van der Waals surface area contributed by atoms with Crippen LogP contribution in [0.1, 0.15) is 12.7 Å². The van der Waals surface area contributed by atoms with Gasteiger partial charge >= 0.3 is 11.7 Å². The molecule has 0 bridgehead atoms. The Morgan fingerprint density at radius 1 is 1.36 bits per heavy atom. The molecule has 22 heavy (non-hydrogen) atoms. The number of nitrogens with one attached hydrogen (secondary N) is 1. The van der Waals surface area contributed by atoms with E-state index in [0.717, 1.165) is 0 Å². The Balaban J connectivity index is 2.37. The van der Waals surface area contributed by atoms with Gasteiger partial charge in [-0.3, -0.25) is 4.57 Å². The lowest BCUT2D eigenvalue weighted by molar-refractivity contribution is 0.243. The molecule has 1 amide bonds. The second-order valence-electron chi connectivity index (χ2n) is 4.36. The second kappa shape index (κ2) is 6.05. The van der Waals surface area contributed by atoms with E-state index in [-0.39, 0.29) is 4.90 Å². The fraction of sp³-hybridized carbons (Fsp3) is 0.250. The van der Waals surface area contributed by atoms with E-state index in [4.69, 9.17) is 0 Å². The summed E-state index contributed by atoms with van der Waals surface area (Å²) in [5.74, 6) is 0.374. The predicted octanol–water partition coefficient (Wildman–Crippen LogP) is 0.853. The van der Waals surface area contributed by atoms with E-state index in [9.17, 15) is 18.0 Å². The van der Waals surface area contributed by atoms with Gasteiger partial charge in [0.05, 0.1) is 0 Å². The van der Waals surface area contributed by atoms with Crippen molar-refractivity contribution in [3.63, 3.8) is 0 Å². The number of carbonyl (C=O) groups excluding carboxylic acids is 1. The molecule has 118 valence electrons. The highest BCUT2D eigenvalue weighted by molar-refractivity contribution is 9.10. The number of sulfonamides is 1. The highest BCUT2D eigenvalue weighted by Crippen LogP contribution is 2.20. The molecule has 0 saturated carbocycles. The van der Waals surface area contributed by atoms with Crippen molar-refractivity contribution in [1.82, 2.24) is 19.1 Å². The molecular weight excluding hydrogens is 376 g/mol. The van der Waals surface area contributed by atoms with Gasteiger partial charge in [0, 0.05) is 17.9 Å². The highest BCUT2D eigenvalue weighted by Gasteiger charge is 2.23. The third-order valence-electron chi connectivity index (χ3n) is 2.93. The summed E-state index contributed by atoms with van der Waals surface area (Å²) in [6.45, 7) is 1.77. The van der Waals surface area contributed by atoms with Crippen LogP contribution in [-0.2, 0) is 23.5 Å². The van der Waals surface area contributed by atoms with Crippen molar-refractivity contribution in [3.05, 3.63) is 45.0 Å². The summed E-state index contributed by atoms with van der Waals surface area (Å²) in [6, 6.07) is 4.89. The minimum atomic E-state index is -4.12. The van der Waals surface area contributed by atoms with Gasteiger partial charge in [-0.25, -0.2) is 22.7 Å². The molecule has 1 aromatic heterocycles. The van der Waals surface area contributed by atoms with Crippen LogP contribution in [0.25, 0.3) is 0 Å². The van der Waals surface area contributed by atoms with Gasteiger partial charge in [0.1, 0.15) is 10.7 Å². The lowest BCUT2D eigenvalue weighted by Crippen LogP contribution is -2.40. The lowest BCUT2D eigenvalue weighted by atomic mass is 10.4. The first kappa shape index (κ1) is 16.4. The SMILES string of the molecule is CCc1nn(C(=O)NS(=O)(=O)c2ccccc2Br)c(=O)n1C. The maximum Gasteiger partial charge on any atom is 0.360 e. The fourth-order valence-electron chi connectivity index (χ4n) is 1.79. The van der Waals surface area contributed by atoms with Gasteiger partial charge in [0.2, 0.25) is 0 Å². The summed E-state index contributed by atoms with van der Waals surface area (Å²) in [6.07, 6.45) is 0.434. The highest BCUT2D eigenvalue weighted by atomic mass is 79.9. The summed E-state index contributed by atoms with van der Waals surface area (Å²) < 4.78 is 28.2. The van der Waals surface area contributed by atoms with E-state index < -0.39 is 21.7 Å². The summed E-state index contributed by atoms with van der Waals surface area (Å²) in [7, 11) is -2.66. The molecule has 0 spiro atoms.